The molecular formula is C18H15N7O. The lowest BCUT2D eigenvalue weighted by atomic mass is 10.2. The summed E-state index contributed by atoms with van der Waals surface area (Å²) in [5, 5.41) is 20.0. The minimum atomic E-state index is 0.318. The van der Waals surface area contributed by atoms with E-state index in [0.717, 1.165) is 5.69 Å². The second-order valence-electron chi connectivity index (χ2n) is 5.50. The van der Waals surface area contributed by atoms with E-state index in [2.05, 4.69) is 31.8 Å². The topological polar surface area (TPSA) is 101 Å². The molecular weight excluding hydrogens is 330 g/mol. The second kappa shape index (κ2) is 6.94. The van der Waals surface area contributed by atoms with E-state index in [1.807, 2.05) is 41.2 Å². The molecule has 0 aliphatic carbocycles. The fourth-order valence-electron chi connectivity index (χ4n) is 2.55. The van der Waals surface area contributed by atoms with Crippen LogP contribution in [0.25, 0.3) is 5.57 Å². The van der Waals surface area contributed by atoms with Crippen molar-refractivity contribution >= 4 is 17.2 Å². The zero-order valence-electron chi connectivity index (χ0n) is 13.8. The summed E-state index contributed by atoms with van der Waals surface area (Å²) in [5.41, 5.74) is 1.62. The molecule has 2 aromatic heterocycles. The van der Waals surface area contributed by atoms with Crippen LogP contribution in [0.15, 0.2) is 60.9 Å². The van der Waals surface area contributed by atoms with Gasteiger partial charge in [-0.25, -0.2) is 9.97 Å². The number of para-hydroxylation sites is 2. The highest BCUT2D eigenvalue weighted by molar-refractivity contribution is 5.81. The summed E-state index contributed by atoms with van der Waals surface area (Å²) < 4.78 is 7.55. The summed E-state index contributed by atoms with van der Waals surface area (Å²) in [6.45, 7) is 1.30. The van der Waals surface area contributed by atoms with Crippen molar-refractivity contribution < 1.29 is 4.74 Å². The monoisotopic (exact) mass is 345 g/mol. The Morgan fingerprint density at radius 3 is 2.96 bits per heavy atom. The first kappa shape index (κ1) is 15.7. The molecule has 2 N–H and O–H groups in total. The maximum absolute atomic E-state index is 9.59. The third-order valence-electron chi connectivity index (χ3n) is 3.78. The molecule has 0 amide bonds. The SMILES string of the molecule is N#C/C(=C1\Nc2ccccc2O1)c1ccnc(NCCn2cccn2)n1. The van der Waals surface area contributed by atoms with Crippen molar-refractivity contribution in [2.24, 2.45) is 0 Å². The van der Waals surface area contributed by atoms with E-state index >= 15 is 0 Å². The Morgan fingerprint density at radius 1 is 1.23 bits per heavy atom. The number of hydrogen-bond acceptors (Lipinski definition) is 7. The maximum Gasteiger partial charge on any atom is 0.223 e. The van der Waals surface area contributed by atoms with E-state index in [1.165, 1.54) is 0 Å². The van der Waals surface area contributed by atoms with Crippen LogP contribution < -0.4 is 15.4 Å². The highest BCUT2D eigenvalue weighted by atomic mass is 16.5. The van der Waals surface area contributed by atoms with Gasteiger partial charge in [0.1, 0.15) is 11.6 Å². The van der Waals surface area contributed by atoms with Crippen molar-refractivity contribution in [2.75, 3.05) is 17.2 Å². The van der Waals surface area contributed by atoms with Gasteiger partial charge in [0.2, 0.25) is 11.8 Å². The van der Waals surface area contributed by atoms with Crippen LogP contribution in [0.2, 0.25) is 0 Å². The Kier molecular flexibility index (Phi) is 4.18. The molecule has 3 heterocycles. The van der Waals surface area contributed by atoms with Gasteiger partial charge in [0.15, 0.2) is 5.75 Å². The molecule has 26 heavy (non-hydrogen) atoms. The predicted molar refractivity (Wildman–Crippen MR) is 96.0 cm³/mol. The van der Waals surface area contributed by atoms with E-state index in [-0.39, 0.29) is 0 Å². The smallest absolute Gasteiger partial charge is 0.223 e. The number of benzene rings is 1. The number of fused-ring (bicyclic) bond motifs is 1. The van der Waals surface area contributed by atoms with Crippen LogP contribution in [0.5, 0.6) is 5.75 Å². The summed E-state index contributed by atoms with van der Waals surface area (Å²) in [7, 11) is 0. The standard InChI is InChI=1S/C18H15N7O/c19-12-13(17-23-15-4-1-2-5-16(15)26-17)14-6-8-20-18(24-14)21-9-11-25-10-3-7-22-25/h1-8,10,23H,9,11H2,(H,20,21,24)/b17-13-. The zero-order chi connectivity index (χ0) is 17.8. The number of aromatic nitrogens is 4. The van der Waals surface area contributed by atoms with Crippen LogP contribution in [0.3, 0.4) is 0 Å². The minimum Gasteiger partial charge on any atom is -0.437 e. The highest BCUT2D eigenvalue weighted by Crippen LogP contribution is 2.35. The number of nitrogens with one attached hydrogen (secondary N) is 2. The minimum absolute atomic E-state index is 0.318. The van der Waals surface area contributed by atoms with E-state index in [0.29, 0.717) is 41.9 Å². The normalized spacial score (nSPS) is 14.0. The quantitative estimate of drug-likeness (QED) is 0.685. The Morgan fingerprint density at radius 2 is 2.15 bits per heavy atom. The molecule has 1 aromatic carbocycles. The molecule has 3 aromatic rings. The van der Waals surface area contributed by atoms with E-state index in [9.17, 15) is 5.26 Å². The number of allylic oxidation sites excluding steroid dienone is 1. The second-order valence-corrected chi connectivity index (χ2v) is 5.50. The van der Waals surface area contributed by atoms with E-state index in [4.69, 9.17) is 4.74 Å². The first-order valence-corrected chi connectivity index (χ1v) is 8.06. The van der Waals surface area contributed by atoms with Gasteiger partial charge in [-0.1, -0.05) is 12.1 Å². The molecule has 8 heteroatoms. The van der Waals surface area contributed by atoms with Crippen LogP contribution >= 0.6 is 0 Å². The Bertz CT molecular complexity index is 962. The van der Waals surface area contributed by atoms with Crippen LogP contribution in [0.1, 0.15) is 5.69 Å². The van der Waals surface area contributed by atoms with Gasteiger partial charge >= 0.3 is 0 Å². The lowest BCUT2D eigenvalue weighted by Crippen LogP contribution is -2.13. The van der Waals surface area contributed by atoms with Gasteiger partial charge in [0, 0.05) is 25.1 Å². The number of nitrogens with zero attached hydrogens (tertiary/aromatic N) is 5. The Balaban J connectivity index is 1.52. The molecule has 0 radical (unpaired) electrons. The summed E-state index contributed by atoms with van der Waals surface area (Å²) in [4.78, 5) is 8.61. The van der Waals surface area contributed by atoms with Crippen molar-refractivity contribution in [3.8, 4) is 11.8 Å². The molecule has 8 nitrogen and oxygen atoms in total. The molecule has 0 saturated carbocycles. The van der Waals surface area contributed by atoms with Gasteiger partial charge < -0.3 is 15.4 Å². The highest BCUT2D eigenvalue weighted by Gasteiger charge is 2.21. The van der Waals surface area contributed by atoms with E-state index in [1.54, 1.807) is 18.5 Å². The van der Waals surface area contributed by atoms with Gasteiger partial charge in [0.25, 0.3) is 0 Å². The molecule has 0 spiro atoms. The zero-order valence-corrected chi connectivity index (χ0v) is 13.8. The molecule has 1 aliphatic rings. The van der Waals surface area contributed by atoms with Crippen molar-refractivity contribution in [2.45, 2.75) is 6.54 Å². The van der Waals surface area contributed by atoms with Gasteiger partial charge in [-0.2, -0.15) is 10.4 Å². The average molecular weight is 345 g/mol. The lowest BCUT2D eigenvalue weighted by Gasteiger charge is -2.07. The number of anilines is 2. The first-order valence-electron chi connectivity index (χ1n) is 8.06. The largest absolute Gasteiger partial charge is 0.437 e. The summed E-state index contributed by atoms with van der Waals surface area (Å²) in [6, 6.07) is 13.2. The van der Waals surface area contributed by atoms with Crippen LogP contribution in [-0.4, -0.2) is 26.3 Å². The first-order chi connectivity index (χ1) is 12.8. The summed E-state index contributed by atoms with van der Waals surface area (Å²) in [5.74, 6) is 1.50. The molecule has 128 valence electrons. The van der Waals surface area contributed by atoms with Crippen molar-refractivity contribution in [1.82, 2.24) is 19.7 Å². The van der Waals surface area contributed by atoms with Gasteiger partial charge in [0.05, 0.1) is 17.9 Å². The van der Waals surface area contributed by atoms with Crippen molar-refractivity contribution in [3.63, 3.8) is 0 Å². The molecule has 1 aliphatic heterocycles. The van der Waals surface area contributed by atoms with Crippen LogP contribution in [0, 0.1) is 11.3 Å². The van der Waals surface area contributed by atoms with Crippen LogP contribution in [0.4, 0.5) is 11.6 Å². The summed E-state index contributed by atoms with van der Waals surface area (Å²) >= 11 is 0. The molecule has 0 atom stereocenters. The van der Waals surface area contributed by atoms with Gasteiger partial charge in [-0.15, -0.1) is 0 Å². The summed E-state index contributed by atoms with van der Waals surface area (Å²) in [6.07, 6.45) is 5.23. The number of ether oxygens (including phenoxy) is 1. The maximum atomic E-state index is 9.59. The fraction of sp³-hybridized carbons (Fsp3) is 0.111. The van der Waals surface area contributed by atoms with Gasteiger partial charge in [-0.3, -0.25) is 4.68 Å². The Hall–Kier alpha value is -3.86. The average Bonchev–Trinajstić information content (AvgIpc) is 3.32. The molecule has 0 bridgehead atoms. The fourth-order valence-corrected chi connectivity index (χ4v) is 2.55. The molecule has 0 unspecified atom stereocenters. The predicted octanol–water partition coefficient (Wildman–Crippen LogP) is 2.48. The molecule has 0 fully saturated rings. The molecule has 4 rings (SSSR count). The van der Waals surface area contributed by atoms with E-state index < -0.39 is 0 Å². The van der Waals surface area contributed by atoms with Crippen LogP contribution in [-0.2, 0) is 6.54 Å². The number of nitriles is 1. The third-order valence-corrected chi connectivity index (χ3v) is 3.78. The lowest BCUT2D eigenvalue weighted by molar-refractivity contribution is 0.460. The third kappa shape index (κ3) is 3.18. The van der Waals surface area contributed by atoms with Crippen molar-refractivity contribution in [3.05, 3.63) is 66.6 Å². The molecule has 0 saturated heterocycles. The Labute approximate surface area is 149 Å². The number of rotatable bonds is 5. The van der Waals surface area contributed by atoms with Crippen molar-refractivity contribution in [1.29, 1.82) is 5.26 Å². The van der Waals surface area contributed by atoms with Gasteiger partial charge in [-0.05, 0) is 24.3 Å². The number of hydrogen-bond donors (Lipinski definition) is 2.